The number of carbonyl (C=O) groups excluding carboxylic acids is 1. The number of rotatable bonds is 21. The summed E-state index contributed by atoms with van der Waals surface area (Å²) in [5.74, 6) is -1.98. The average Bonchev–Trinajstić information content (AvgIpc) is 2.78. The maximum absolute atomic E-state index is 11.9. The van der Waals surface area contributed by atoms with Gasteiger partial charge in [0.2, 0.25) is 0 Å². The number of hydrogen-bond donors (Lipinski definition) is 6. The van der Waals surface area contributed by atoms with Crippen LogP contribution in [0.15, 0.2) is 0 Å². The molecule has 0 fully saturated rings. The van der Waals surface area contributed by atoms with Crippen molar-refractivity contribution in [1.82, 2.24) is 0 Å². The second kappa shape index (κ2) is 17.8. The number of hydrogen-bond acceptors (Lipinski definition) is 10. The molecular weight excluding hydrogens is 444 g/mol. The minimum absolute atomic E-state index is 0.00938. The zero-order valence-corrected chi connectivity index (χ0v) is 19.8. The van der Waals surface area contributed by atoms with Crippen molar-refractivity contribution in [3.05, 3.63) is 0 Å². The van der Waals surface area contributed by atoms with Crippen molar-refractivity contribution in [3.8, 4) is 0 Å². The van der Waals surface area contributed by atoms with Crippen LogP contribution in [0.25, 0.3) is 0 Å². The Hall–Kier alpha value is -0.660. The van der Waals surface area contributed by atoms with Gasteiger partial charge in [0.05, 0.1) is 19.0 Å². The van der Waals surface area contributed by atoms with Gasteiger partial charge in [0, 0.05) is 0 Å². The normalized spacial score (nSPS) is 17.0. The van der Waals surface area contributed by atoms with E-state index in [-0.39, 0.29) is 6.61 Å². The first-order valence-corrected chi connectivity index (χ1v) is 13.1. The van der Waals surface area contributed by atoms with Crippen LogP contribution in [0.2, 0.25) is 0 Å². The van der Waals surface area contributed by atoms with E-state index in [0.717, 1.165) is 19.3 Å². The lowest BCUT2D eigenvalue weighted by Gasteiger charge is -2.25. The number of unbranched alkanes of at least 4 members (excludes halogenated alkanes) is 9. The highest BCUT2D eigenvalue weighted by atomic mass is 32.2. The van der Waals surface area contributed by atoms with Crippen molar-refractivity contribution < 1.29 is 48.0 Å². The summed E-state index contributed by atoms with van der Waals surface area (Å²) in [5, 5.41) is 56.7. The van der Waals surface area contributed by atoms with Crippen LogP contribution < -0.4 is 0 Å². The molecule has 0 aromatic rings. The highest BCUT2D eigenvalue weighted by Crippen LogP contribution is 2.12. The number of ketones is 1. The van der Waals surface area contributed by atoms with Crippen LogP contribution in [0.3, 0.4) is 0 Å². The van der Waals surface area contributed by atoms with E-state index in [4.69, 9.17) is 9.29 Å². The second-order valence-corrected chi connectivity index (χ2v) is 9.91. The third-order valence-corrected chi connectivity index (χ3v) is 6.54. The Kier molecular flexibility index (Phi) is 17.4. The molecule has 10 nitrogen and oxygen atoms in total. The van der Waals surface area contributed by atoms with E-state index in [0.29, 0.717) is 6.42 Å². The van der Waals surface area contributed by atoms with Gasteiger partial charge in [-0.25, -0.2) is 0 Å². The van der Waals surface area contributed by atoms with E-state index in [1.54, 1.807) is 0 Å². The Balaban J connectivity index is 4.08. The first kappa shape index (κ1) is 31.3. The molecule has 0 saturated carbocycles. The first-order chi connectivity index (χ1) is 15.1. The number of Topliss-reactive ketones (excluding diaryl/α,β-unsaturated/α-hetero) is 1. The van der Waals surface area contributed by atoms with Crippen molar-refractivity contribution in [2.75, 3.05) is 19.0 Å². The van der Waals surface area contributed by atoms with Crippen LogP contribution in [0.4, 0.5) is 0 Å². The van der Waals surface area contributed by atoms with E-state index < -0.39 is 65.2 Å². The standard InChI is InChI=1S/C21H42O10S/c1-2-3-4-5-6-7-8-9-10-11-13-31-32(29,30)14-12-16(23)18(25)20(27)21(28)19(26)17(24)15-22/h16-17,19-24,26-28H,2-15H2,1H3/t16?,17-,19-,20+,21+/m1/s1. The molecule has 0 heterocycles. The maximum atomic E-state index is 11.9. The Labute approximate surface area is 191 Å². The van der Waals surface area contributed by atoms with E-state index in [1.807, 2.05) is 0 Å². The molecule has 0 amide bonds. The topological polar surface area (TPSA) is 182 Å². The summed E-state index contributed by atoms with van der Waals surface area (Å²) >= 11 is 0. The van der Waals surface area contributed by atoms with Crippen LogP contribution >= 0.6 is 0 Å². The van der Waals surface area contributed by atoms with E-state index in [9.17, 15) is 38.7 Å². The molecule has 1 unspecified atom stereocenters. The van der Waals surface area contributed by atoms with Gasteiger partial charge in [-0.1, -0.05) is 64.7 Å². The fraction of sp³-hybridized carbons (Fsp3) is 0.952. The number of carbonyl (C=O) groups is 1. The predicted octanol–water partition coefficient (Wildman–Crippen LogP) is 0.00970. The van der Waals surface area contributed by atoms with Crippen LogP contribution in [-0.2, 0) is 19.1 Å². The molecule has 32 heavy (non-hydrogen) atoms. The first-order valence-electron chi connectivity index (χ1n) is 11.5. The van der Waals surface area contributed by atoms with Crippen LogP contribution in [-0.4, -0.2) is 94.3 Å². The van der Waals surface area contributed by atoms with E-state index >= 15 is 0 Å². The maximum Gasteiger partial charge on any atom is 0.267 e. The zero-order valence-electron chi connectivity index (χ0n) is 19.0. The zero-order chi connectivity index (χ0) is 24.6. The molecule has 0 saturated heterocycles. The summed E-state index contributed by atoms with van der Waals surface area (Å²) in [4.78, 5) is 11.9. The van der Waals surface area contributed by atoms with Gasteiger partial charge in [-0.05, 0) is 12.8 Å². The summed E-state index contributed by atoms with van der Waals surface area (Å²) in [6, 6.07) is 0. The van der Waals surface area contributed by atoms with E-state index in [1.165, 1.54) is 38.5 Å². The largest absolute Gasteiger partial charge is 0.394 e. The minimum atomic E-state index is -3.98. The van der Waals surface area contributed by atoms with Gasteiger partial charge < -0.3 is 30.6 Å². The number of aliphatic hydroxyl groups excluding tert-OH is 6. The van der Waals surface area contributed by atoms with Crippen molar-refractivity contribution in [2.24, 2.45) is 0 Å². The molecule has 0 aromatic carbocycles. The lowest BCUT2D eigenvalue weighted by molar-refractivity contribution is -0.154. The van der Waals surface area contributed by atoms with Gasteiger partial charge in [0.15, 0.2) is 5.78 Å². The Morgan fingerprint density at radius 1 is 0.812 bits per heavy atom. The van der Waals surface area contributed by atoms with Gasteiger partial charge in [0.1, 0.15) is 30.5 Å². The fourth-order valence-electron chi connectivity index (χ4n) is 3.12. The van der Waals surface area contributed by atoms with Crippen molar-refractivity contribution >= 4 is 15.9 Å². The van der Waals surface area contributed by atoms with Crippen molar-refractivity contribution in [3.63, 3.8) is 0 Å². The quantitative estimate of drug-likeness (QED) is 0.0954. The second-order valence-electron chi connectivity index (χ2n) is 8.15. The Morgan fingerprint density at radius 3 is 1.81 bits per heavy atom. The molecular formula is C21H42O10S. The molecule has 192 valence electrons. The highest BCUT2D eigenvalue weighted by molar-refractivity contribution is 7.86. The molecule has 0 bridgehead atoms. The molecule has 0 aliphatic heterocycles. The predicted molar refractivity (Wildman–Crippen MR) is 118 cm³/mol. The van der Waals surface area contributed by atoms with Gasteiger partial charge in [-0.3, -0.25) is 8.98 Å². The number of aliphatic hydroxyl groups is 6. The van der Waals surface area contributed by atoms with Crippen LogP contribution in [0.1, 0.15) is 77.6 Å². The highest BCUT2D eigenvalue weighted by Gasteiger charge is 2.36. The minimum Gasteiger partial charge on any atom is -0.394 e. The molecule has 6 N–H and O–H groups in total. The molecule has 0 aromatic heterocycles. The smallest absolute Gasteiger partial charge is 0.267 e. The third kappa shape index (κ3) is 13.8. The SMILES string of the molecule is CCCCCCCCCCCCOS(=O)(=O)CCC(O)C(=O)[C@H](O)[C@@H](O)[C@H](O)[C@H](O)CO. The van der Waals surface area contributed by atoms with Crippen molar-refractivity contribution in [1.29, 1.82) is 0 Å². The molecule has 0 spiro atoms. The lowest BCUT2D eigenvalue weighted by Crippen LogP contribution is -2.51. The van der Waals surface area contributed by atoms with Gasteiger partial charge in [-0.2, -0.15) is 8.42 Å². The summed E-state index contributed by atoms with van der Waals surface area (Å²) < 4.78 is 28.7. The Bertz CT molecular complexity index is 583. The molecule has 11 heteroatoms. The summed E-state index contributed by atoms with van der Waals surface area (Å²) in [5.41, 5.74) is 0. The molecule has 0 aliphatic rings. The summed E-state index contributed by atoms with van der Waals surface area (Å²) in [6.07, 6.45) is 0.197. The lowest BCUT2D eigenvalue weighted by atomic mass is 9.97. The van der Waals surface area contributed by atoms with Gasteiger partial charge >= 0.3 is 0 Å². The van der Waals surface area contributed by atoms with Gasteiger partial charge in [0.25, 0.3) is 10.1 Å². The third-order valence-electron chi connectivity index (χ3n) is 5.28. The molecule has 0 rings (SSSR count). The Morgan fingerprint density at radius 2 is 1.31 bits per heavy atom. The van der Waals surface area contributed by atoms with Crippen LogP contribution in [0, 0.1) is 0 Å². The molecule has 5 atom stereocenters. The molecule has 0 aliphatic carbocycles. The van der Waals surface area contributed by atoms with Gasteiger partial charge in [-0.15, -0.1) is 0 Å². The van der Waals surface area contributed by atoms with Crippen molar-refractivity contribution in [2.45, 2.75) is 108 Å². The summed E-state index contributed by atoms with van der Waals surface area (Å²) in [6.45, 7) is 1.27. The molecule has 0 radical (unpaired) electrons. The van der Waals surface area contributed by atoms with Crippen LogP contribution in [0.5, 0.6) is 0 Å². The van der Waals surface area contributed by atoms with E-state index in [2.05, 4.69) is 6.92 Å². The summed E-state index contributed by atoms with van der Waals surface area (Å²) in [7, 11) is -3.98. The fourth-order valence-corrected chi connectivity index (χ4v) is 4.12. The average molecular weight is 487 g/mol. The monoisotopic (exact) mass is 486 g/mol.